The Morgan fingerprint density at radius 2 is 1.92 bits per heavy atom. The third-order valence-electron chi connectivity index (χ3n) is 5.72. The number of aliphatic hydroxyl groups is 1. The van der Waals surface area contributed by atoms with Gasteiger partial charge in [0.2, 0.25) is 0 Å². The van der Waals surface area contributed by atoms with Crippen LogP contribution < -0.4 is 11.1 Å². The van der Waals surface area contributed by atoms with Crippen molar-refractivity contribution < 1.29 is 23.1 Å². The van der Waals surface area contributed by atoms with Crippen LogP contribution in [0.5, 0.6) is 0 Å². The van der Waals surface area contributed by atoms with Gasteiger partial charge in [0, 0.05) is 33.6 Å². The molecule has 1 amide bonds. The Labute approximate surface area is 209 Å². The lowest BCUT2D eigenvalue weighted by molar-refractivity contribution is 0.0545. The summed E-state index contributed by atoms with van der Waals surface area (Å²) < 4.78 is 41.8. The molecule has 4 rings (SSSR count). The van der Waals surface area contributed by atoms with Crippen molar-refractivity contribution in [3.63, 3.8) is 0 Å². The van der Waals surface area contributed by atoms with E-state index >= 15 is 4.39 Å². The summed E-state index contributed by atoms with van der Waals surface area (Å²) in [4.78, 5) is 16.9. The number of nitrogen functional groups attached to an aromatic ring is 1. The molecule has 4 N–H and O–H groups in total. The van der Waals surface area contributed by atoms with Crippen molar-refractivity contribution in [2.75, 3.05) is 12.3 Å². The maximum absolute atomic E-state index is 15.0. The average Bonchev–Trinajstić information content (AvgIpc) is 3.24. The van der Waals surface area contributed by atoms with Gasteiger partial charge in [-0.1, -0.05) is 29.8 Å². The van der Waals surface area contributed by atoms with Gasteiger partial charge in [-0.05, 0) is 48.4 Å². The van der Waals surface area contributed by atoms with Gasteiger partial charge in [-0.25, -0.2) is 14.1 Å². The van der Waals surface area contributed by atoms with Crippen molar-refractivity contribution in [1.82, 2.24) is 20.1 Å². The molecule has 2 heterocycles. The van der Waals surface area contributed by atoms with E-state index in [2.05, 4.69) is 15.4 Å². The zero-order valence-corrected chi connectivity index (χ0v) is 19.7. The third-order valence-corrected chi connectivity index (χ3v) is 5.96. The van der Waals surface area contributed by atoms with Crippen molar-refractivity contribution in [3.05, 3.63) is 88.6 Å². The number of carbonyl (C=O) groups is 1. The fraction of sp³-hybridized carbons (Fsp3) is 0.160. The van der Waals surface area contributed by atoms with Crippen molar-refractivity contribution >= 4 is 23.3 Å². The normalized spacial score (nSPS) is 12.1. The predicted octanol–water partition coefficient (Wildman–Crippen LogP) is 5.15. The first-order valence-electron chi connectivity index (χ1n) is 10.7. The van der Waals surface area contributed by atoms with Crippen LogP contribution in [0.4, 0.5) is 19.0 Å². The lowest BCUT2D eigenvalue weighted by Gasteiger charge is -2.17. The predicted molar refractivity (Wildman–Crippen MR) is 130 cm³/mol. The highest BCUT2D eigenvalue weighted by Crippen LogP contribution is 2.32. The number of rotatable bonds is 7. The second-order valence-electron chi connectivity index (χ2n) is 7.98. The van der Waals surface area contributed by atoms with Crippen LogP contribution in [0.3, 0.4) is 0 Å². The molecule has 11 heteroatoms. The SMILES string of the molecule is Cc1c(-c2cnc(N)c(-c3ccc(C(=O)NC(CO)c4cccc(Cl)c4)c(F)c3)c2)cnn1C(F)F. The number of aromatic nitrogens is 3. The van der Waals surface area contributed by atoms with Crippen LogP contribution in [-0.2, 0) is 0 Å². The average molecular weight is 516 g/mol. The molecule has 2 aromatic carbocycles. The van der Waals surface area contributed by atoms with Gasteiger partial charge in [0.1, 0.15) is 11.6 Å². The molecule has 0 aliphatic rings. The van der Waals surface area contributed by atoms with E-state index in [1.54, 1.807) is 30.3 Å². The molecule has 0 aliphatic heterocycles. The van der Waals surface area contributed by atoms with Crippen LogP contribution >= 0.6 is 11.6 Å². The Hall–Kier alpha value is -3.89. The molecular formula is C25H21ClF3N5O2. The molecule has 0 radical (unpaired) electrons. The summed E-state index contributed by atoms with van der Waals surface area (Å²) in [5.41, 5.74) is 8.16. The number of anilines is 1. The number of benzene rings is 2. The van der Waals surface area contributed by atoms with E-state index in [0.29, 0.717) is 37.5 Å². The Bertz CT molecular complexity index is 1430. The number of alkyl halides is 2. The number of nitrogens with zero attached hydrogens (tertiary/aromatic N) is 3. The monoisotopic (exact) mass is 515 g/mol. The molecule has 1 atom stereocenters. The molecule has 4 aromatic rings. The van der Waals surface area contributed by atoms with Crippen LogP contribution in [0, 0.1) is 12.7 Å². The zero-order chi connectivity index (χ0) is 26.0. The minimum Gasteiger partial charge on any atom is -0.394 e. The highest BCUT2D eigenvalue weighted by molar-refractivity contribution is 6.30. The highest BCUT2D eigenvalue weighted by atomic mass is 35.5. The van der Waals surface area contributed by atoms with Gasteiger partial charge < -0.3 is 16.2 Å². The molecule has 186 valence electrons. The Morgan fingerprint density at radius 3 is 2.56 bits per heavy atom. The van der Waals surface area contributed by atoms with Gasteiger partial charge >= 0.3 is 6.55 Å². The van der Waals surface area contributed by atoms with Crippen molar-refractivity contribution in [2.24, 2.45) is 0 Å². The van der Waals surface area contributed by atoms with Crippen molar-refractivity contribution in [3.8, 4) is 22.3 Å². The van der Waals surface area contributed by atoms with Gasteiger partial charge in [0.25, 0.3) is 5.91 Å². The van der Waals surface area contributed by atoms with Crippen molar-refractivity contribution in [1.29, 1.82) is 0 Å². The molecule has 0 bridgehead atoms. The van der Waals surface area contributed by atoms with E-state index in [1.807, 2.05) is 0 Å². The quantitative estimate of drug-likeness (QED) is 0.315. The van der Waals surface area contributed by atoms with Crippen LogP contribution in [0.25, 0.3) is 22.3 Å². The van der Waals surface area contributed by atoms with Crippen LogP contribution in [0.15, 0.2) is 60.9 Å². The van der Waals surface area contributed by atoms with Crippen LogP contribution in [0.1, 0.15) is 34.2 Å². The summed E-state index contributed by atoms with van der Waals surface area (Å²) in [6.07, 6.45) is 2.71. The molecule has 1 unspecified atom stereocenters. The number of hydrogen-bond donors (Lipinski definition) is 3. The molecule has 0 saturated heterocycles. The Balaban J connectivity index is 1.62. The summed E-state index contributed by atoms with van der Waals surface area (Å²) in [5, 5.41) is 16.4. The maximum Gasteiger partial charge on any atom is 0.333 e. The second kappa shape index (κ2) is 10.4. The molecule has 0 spiro atoms. The van der Waals surface area contributed by atoms with Crippen molar-refractivity contribution in [2.45, 2.75) is 19.5 Å². The van der Waals surface area contributed by atoms with Crippen LogP contribution in [-0.4, -0.2) is 32.4 Å². The summed E-state index contributed by atoms with van der Waals surface area (Å²) in [7, 11) is 0. The Morgan fingerprint density at radius 1 is 1.14 bits per heavy atom. The Kier molecular flexibility index (Phi) is 7.27. The zero-order valence-electron chi connectivity index (χ0n) is 18.9. The second-order valence-corrected chi connectivity index (χ2v) is 8.42. The van der Waals surface area contributed by atoms with E-state index in [1.165, 1.54) is 31.5 Å². The third kappa shape index (κ3) is 5.05. The van der Waals surface area contributed by atoms with Gasteiger partial charge in [0.05, 0.1) is 24.4 Å². The molecular weight excluding hydrogens is 495 g/mol. The van der Waals surface area contributed by atoms with Gasteiger partial charge in [-0.2, -0.15) is 13.9 Å². The molecule has 0 fully saturated rings. The lowest BCUT2D eigenvalue weighted by Crippen LogP contribution is -2.31. The molecule has 7 nitrogen and oxygen atoms in total. The standard InChI is InChI=1S/C25H21ClF3N5O2/c1-13-20(11-32-34(13)25(28)29)16-8-19(23(30)31-10-16)14-5-6-18(21(27)9-14)24(36)33-22(12-35)15-3-2-4-17(26)7-15/h2-11,22,25,35H,12H2,1H3,(H2,30,31)(H,33,36). The number of pyridine rings is 1. The van der Waals surface area contributed by atoms with Gasteiger partial charge in [-0.3, -0.25) is 4.79 Å². The summed E-state index contributed by atoms with van der Waals surface area (Å²) in [6.45, 7) is -1.71. The van der Waals surface area contributed by atoms with E-state index in [4.69, 9.17) is 17.3 Å². The first-order valence-corrected chi connectivity index (χ1v) is 11.1. The molecule has 0 aliphatic carbocycles. The number of nitrogens with two attached hydrogens (primary N) is 1. The highest BCUT2D eigenvalue weighted by Gasteiger charge is 2.20. The number of halogens is 4. The smallest absolute Gasteiger partial charge is 0.333 e. The fourth-order valence-corrected chi connectivity index (χ4v) is 4.02. The summed E-state index contributed by atoms with van der Waals surface area (Å²) in [6, 6.07) is 11.3. The van der Waals surface area contributed by atoms with E-state index in [-0.39, 0.29) is 17.1 Å². The van der Waals surface area contributed by atoms with Gasteiger partial charge in [0.15, 0.2) is 0 Å². The lowest BCUT2D eigenvalue weighted by atomic mass is 9.99. The minimum absolute atomic E-state index is 0.0931. The van der Waals surface area contributed by atoms with E-state index in [9.17, 15) is 18.7 Å². The summed E-state index contributed by atoms with van der Waals surface area (Å²) >= 11 is 5.98. The van der Waals surface area contributed by atoms with E-state index in [0.717, 1.165) is 6.07 Å². The number of nitrogens with one attached hydrogen (secondary N) is 1. The molecule has 36 heavy (non-hydrogen) atoms. The first kappa shape index (κ1) is 25.2. The number of carbonyl (C=O) groups excluding carboxylic acids is 1. The maximum atomic E-state index is 15.0. The fourth-order valence-electron chi connectivity index (χ4n) is 3.82. The summed E-state index contributed by atoms with van der Waals surface area (Å²) in [5.74, 6) is -1.46. The number of amides is 1. The van der Waals surface area contributed by atoms with E-state index < -0.39 is 30.9 Å². The number of hydrogen-bond acceptors (Lipinski definition) is 5. The largest absolute Gasteiger partial charge is 0.394 e. The van der Waals surface area contributed by atoms with Crippen LogP contribution in [0.2, 0.25) is 5.02 Å². The van der Waals surface area contributed by atoms with Gasteiger partial charge in [-0.15, -0.1) is 0 Å². The minimum atomic E-state index is -2.79. The first-order chi connectivity index (χ1) is 17.2. The topological polar surface area (TPSA) is 106 Å². The number of aliphatic hydroxyl groups excluding tert-OH is 1. The molecule has 2 aromatic heterocycles. The molecule has 0 saturated carbocycles.